The molecule has 0 atom stereocenters. The zero-order valence-corrected chi connectivity index (χ0v) is 17.5. The molecule has 0 amide bonds. The first kappa shape index (κ1) is 23.6. The summed E-state index contributed by atoms with van der Waals surface area (Å²) in [5, 5.41) is 0. The van der Waals surface area contributed by atoms with Gasteiger partial charge in [0, 0.05) is 26.5 Å². The Kier molecular flexibility index (Phi) is 15.9. The largest absolute Gasteiger partial charge is 0.359 e. The third kappa shape index (κ3) is 11.2. The van der Waals surface area contributed by atoms with E-state index in [2.05, 4.69) is 43.2 Å². The quantitative estimate of drug-likeness (QED) is 0.292. The van der Waals surface area contributed by atoms with Crippen molar-refractivity contribution in [1.82, 2.24) is 9.80 Å². The summed E-state index contributed by atoms with van der Waals surface area (Å²) < 4.78 is 0. The van der Waals surface area contributed by atoms with Crippen LogP contribution in [0.4, 0.5) is 0 Å². The molecule has 0 saturated carbocycles. The second-order valence-corrected chi connectivity index (χ2v) is 7.49. The van der Waals surface area contributed by atoms with Gasteiger partial charge in [0.15, 0.2) is 0 Å². The van der Waals surface area contributed by atoms with Crippen molar-refractivity contribution in [2.24, 2.45) is 0 Å². The minimum Gasteiger partial charge on any atom is -0.359 e. The van der Waals surface area contributed by atoms with Gasteiger partial charge in [-0.2, -0.15) is 0 Å². The zero-order chi connectivity index (χ0) is 16.8. The van der Waals surface area contributed by atoms with E-state index in [4.69, 9.17) is 0 Å². The highest BCUT2D eigenvalue weighted by Crippen LogP contribution is 2.19. The average Bonchev–Trinajstić information content (AvgIpc) is 2.86. The van der Waals surface area contributed by atoms with Crippen LogP contribution in [-0.2, 0) is 0 Å². The van der Waals surface area contributed by atoms with Crippen molar-refractivity contribution in [3.63, 3.8) is 0 Å². The van der Waals surface area contributed by atoms with Crippen LogP contribution in [0.15, 0.2) is 12.4 Å². The molecule has 0 radical (unpaired) electrons. The molecular weight excluding hydrogens is 316 g/mol. The van der Waals surface area contributed by atoms with E-state index in [1.807, 2.05) is 0 Å². The number of unbranched alkanes of at least 4 members (excludes halogenated alkanes) is 13. The molecule has 0 aromatic rings. The van der Waals surface area contributed by atoms with Crippen LogP contribution in [0, 0.1) is 0 Å². The van der Waals surface area contributed by atoms with Crippen molar-refractivity contribution in [2.45, 2.75) is 109 Å². The van der Waals surface area contributed by atoms with E-state index < -0.39 is 0 Å². The Morgan fingerprint density at radius 1 is 0.583 bits per heavy atom. The van der Waals surface area contributed by atoms with Gasteiger partial charge in [-0.1, -0.05) is 90.4 Å². The van der Waals surface area contributed by atoms with Crippen LogP contribution < -0.4 is 0 Å². The van der Waals surface area contributed by atoms with Gasteiger partial charge in [-0.05, 0) is 12.8 Å². The maximum atomic E-state index is 2.34. The minimum atomic E-state index is 0. The SMILES string of the molecule is CCCCCCCCCCCCCCCCC1N(C)C=CN1C.Cl. The first-order valence-electron chi connectivity index (χ1n) is 10.4. The molecule has 0 N–H and O–H groups in total. The van der Waals surface area contributed by atoms with Crippen LogP contribution in [-0.4, -0.2) is 30.1 Å². The Morgan fingerprint density at radius 3 is 1.29 bits per heavy atom. The van der Waals surface area contributed by atoms with E-state index >= 15 is 0 Å². The molecule has 0 spiro atoms. The van der Waals surface area contributed by atoms with Crippen molar-refractivity contribution in [3.8, 4) is 0 Å². The molecule has 0 aliphatic carbocycles. The highest BCUT2D eigenvalue weighted by Gasteiger charge is 2.18. The fourth-order valence-electron chi connectivity index (χ4n) is 3.63. The smallest absolute Gasteiger partial charge is 0.100 e. The third-order valence-corrected chi connectivity index (χ3v) is 5.29. The Bertz CT molecular complexity index is 282. The van der Waals surface area contributed by atoms with Gasteiger partial charge in [0.1, 0.15) is 6.17 Å². The molecule has 1 aliphatic heterocycles. The molecule has 2 nitrogen and oxygen atoms in total. The van der Waals surface area contributed by atoms with E-state index in [1.165, 1.54) is 96.3 Å². The van der Waals surface area contributed by atoms with E-state index in [-0.39, 0.29) is 12.4 Å². The Labute approximate surface area is 158 Å². The van der Waals surface area contributed by atoms with Gasteiger partial charge in [0.25, 0.3) is 0 Å². The summed E-state index contributed by atoms with van der Waals surface area (Å²) in [5.41, 5.74) is 0. The summed E-state index contributed by atoms with van der Waals surface area (Å²) in [6.45, 7) is 2.29. The summed E-state index contributed by atoms with van der Waals surface area (Å²) in [4.78, 5) is 4.67. The molecule has 1 heterocycles. The van der Waals surface area contributed by atoms with Crippen molar-refractivity contribution >= 4 is 12.4 Å². The van der Waals surface area contributed by atoms with Crippen molar-refractivity contribution < 1.29 is 0 Å². The van der Waals surface area contributed by atoms with Crippen LogP contribution >= 0.6 is 12.4 Å². The molecule has 1 rings (SSSR count). The van der Waals surface area contributed by atoms with Gasteiger partial charge in [-0.3, -0.25) is 0 Å². The Morgan fingerprint density at radius 2 is 0.917 bits per heavy atom. The first-order valence-corrected chi connectivity index (χ1v) is 10.4. The molecule has 0 saturated heterocycles. The van der Waals surface area contributed by atoms with Gasteiger partial charge < -0.3 is 9.80 Å². The number of rotatable bonds is 15. The first-order chi connectivity index (χ1) is 11.3. The molecular formula is C21H43ClN2. The second kappa shape index (κ2) is 16.1. The predicted octanol–water partition coefficient (Wildman–Crippen LogP) is 6.95. The summed E-state index contributed by atoms with van der Waals surface area (Å²) >= 11 is 0. The molecule has 0 unspecified atom stereocenters. The van der Waals surface area contributed by atoms with Crippen molar-refractivity contribution in [3.05, 3.63) is 12.4 Å². The van der Waals surface area contributed by atoms with E-state index in [1.54, 1.807) is 0 Å². The maximum absolute atomic E-state index is 2.34. The average molecular weight is 359 g/mol. The number of hydrogen-bond acceptors (Lipinski definition) is 2. The number of hydrogen-bond donors (Lipinski definition) is 0. The summed E-state index contributed by atoms with van der Waals surface area (Å²) in [6, 6.07) is 0. The van der Waals surface area contributed by atoms with E-state index in [0.29, 0.717) is 6.17 Å². The normalized spacial score (nSPS) is 14.5. The lowest BCUT2D eigenvalue weighted by Crippen LogP contribution is -2.33. The molecule has 0 bridgehead atoms. The summed E-state index contributed by atoms with van der Waals surface area (Å²) in [7, 11) is 4.38. The molecule has 24 heavy (non-hydrogen) atoms. The standard InChI is InChI=1S/C21H42N2.ClH/c1-4-5-6-7-8-9-10-11-12-13-14-15-16-17-18-21-22(2)19-20-23(21)3;/h19-21H,4-18H2,1-3H3;1H. The third-order valence-electron chi connectivity index (χ3n) is 5.29. The number of nitrogens with zero attached hydrogens (tertiary/aromatic N) is 2. The predicted molar refractivity (Wildman–Crippen MR) is 111 cm³/mol. The molecule has 144 valence electrons. The Hall–Kier alpha value is -0.370. The summed E-state index contributed by atoms with van der Waals surface area (Å²) in [5.74, 6) is 0. The fraction of sp³-hybridized carbons (Fsp3) is 0.905. The highest BCUT2D eigenvalue weighted by atomic mass is 35.5. The van der Waals surface area contributed by atoms with Gasteiger partial charge in [0.05, 0.1) is 0 Å². The number of halogens is 1. The highest BCUT2D eigenvalue weighted by molar-refractivity contribution is 5.85. The minimum absolute atomic E-state index is 0. The molecule has 3 heteroatoms. The summed E-state index contributed by atoms with van der Waals surface area (Å²) in [6.07, 6.45) is 26.5. The van der Waals surface area contributed by atoms with Crippen molar-refractivity contribution in [2.75, 3.05) is 14.1 Å². The second-order valence-electron chi connectivity index (χ2n) is 7.49. The lowest BCUT2D eigenvalue weighted by molar-refractivity contribution is 0.188. The van der Waals surface area contributed by atoms with Crippen LogP contribution in [0.3, 0.4) is 0 Å². The fourth-order valence-corrected chi connectivity index (χ4v) is 3.63. The van der Waals surface area contributed by atoms with Gasteiger partial charge in [0.2, 0.25) is 0 Å². The lowest BCUT2D eigenvalue weighted by Gasteiger charge is -2.27. The van der Waals surface area contributed by atoms with Crippen LogP contribution in [0.1, 0.15) is 103 Å². The monoisotopic (exact) mass is 358 g/mol. The van der Waals surface area contributed by atoms with Gasteiger partial charge in [-0.15, -0.1) is 12.4 Å². The lowest BCUT2D eigenvalue weighted by atomic mass is 10.0. The van der Waals surface area contributed by atoms with Crippen molar-refractivity contribution in [1.29, 1.82) is 0 Å². The van der Waals surface area contributed by atoms with Crippen LogP contribution in [0.25, 0.3) is 0 Å². The molecule has 0 aromatic carbocycles. The molecule has 1 aliphatic rings. The zero-order valence-electron chi connectivity index (χ0n) is 16.6. The van der Waals surface area contributed by atoms with E-state index in [0.717, 1.165) is 0 Å². The van der Waals surface area contributed by atoms with Crippen LogP contribution in [0.5, 0.6) is 0 Å². The maximum Gasteiger partial charge on any atom is 0.100 e. The van der Waals surface area contributed by atoms with Gasteiger partial charge >= 0.3 is 0 Å². The Balaban J connectivity index is 0.00000529. The molecule has 0 fully saturated rings. The van der Waals surface area contributed by atoms with Crippen LogP contribution in [0.2, 0.25) is 0 Å². The topological polar surface area (TPSA) is 6.48 Å². The van der Waals surface area contributed by atoms with Gasteiger partial charge in [-0.25, -0.2) is 0 Å². The molecule has 0 aromatic heterocycles. The van der Waals surface area contributed by atoms with E-state index in [9.17, 15) is 0 Å².